The van der Waals surface area contributed by atoms with E-state index in [2.05, 4.69) is 40.6 Å². The van der Waals surface area contributed by atoms with Crippen molar-refractivity contribution in [3.8, 4) is 0 Å². The molecule has 0 radical (unpaired) electrons. The van der Waals surface area contributed by atoms with Gasteiger partial charge in [0, 0.05) is 11.6 Å². The first kappa shape index (κ1) is 47.6. The second-order valence-corrected chi connectivity index (χ2v) is 12.7. The van der Waals surface area contributed by atoms with Gasteiger partial charge in [0.25, 0.3) is 5.91 Å². The van der Waals surface area contributed by atoms with Crippen molar-refractivity contribution in [3.05, 3.63) is 105 Å². The molecule has 0 aliphatic carbocycles. The Hall–Kier alpha value is -6.44. The number of esters is 1. The Balaban J connectivity index is 0.000000439. The molecule has 4 rings (SSSR count). The highest BCUT2D eigenvalue weighted by molar-refractivity contribution is 6.32. The molecule has 0 saturated heterocycles. The summed E-state index contributed by atoms with van der Waals surface area (Å²) in [6.45, 7) is 7.81. The van der Waals surface area contributed by atoms with Gasteiger partial charge in [-0.15, -0.1) is 12.4 Å². The van der Waals surface area contributed by atoms with E-state index in [0.717, 1.165) is 17.2 Å². The minimum Gasteiger partial charge on any atom is -0.426 e. The van der Waals surface area contributed by atoms with E-state index in [4.69, 9.17) is 68.1 Å². The summed E-state index contributed by atoms with van der Waals surface area (Å²) < 4.78 is 4.98. The van der Waals surface area contributed by atoms with Gasteiger partial charge in [0.05, 0.1) is 13.1 Å². The minimum atomic E-state index is -0.885. The summed E-state index contributed by atoms with van der Waals surface area (Å²) in [5.41, 5.74) is 39.2. The number of nitrogens with one attached hydrogen (secondary N) is 2. The fraction of sp³-hybridized carbons (Fsp3) is 0.206. The highest BCUT2D eigenvalue weighted by Gasteiger charge is 2.19. The number of nitrogen functional groups attached to an aromatic ring is 4. The molecule has 0 fully saturated rings. The lowest BCUT2D eigenvalue weighted by molar-refractivity contribution is -0.117. The Bertz CT molecular complexity index is 2040. The molecule has 300 valence electrons. The quantitative estimate of drug-likeness (QED) is 0.0405. The number of allylic oxidation sites excluding steroid dienone is 1. The van der Waals surface area contributed by atoms with Gasteiger partial charge in [-0.2, -0.15) is 0 Å². The van der Waals surface area contributed by atoms with E-state index in [1.54, 1.807) is 0 Å². The summed E-state index contributed by atoms with van der Waals surface area (Å²) >= 11 is 11.4. The molecule has 16 N–H and O–H groups in total. The lowest BCUT2D eigenvalue weighted by Gasteiger charge is -2.19. The summed E-state index contributed by atoms with van der Waals surface area (Å²) in [4.78, 5) is 58.4. The molecule has 0 saturated carbocycles. The lowest BCUT2D eigenvalue weighted by atomic mass is 10.1. The second kappa shape index (κ2) is 22.7. The van der Waals surface area contributed by atoms with E-state index in [9.17, 15) is 14.4 Å². The number of anilines is 4. The number of carbonyl (C=O) groups excluding carboxylic acids is 3. The number of benzene rings is 2. The van der Waals surface area contributed by atoms with Gasteiger partial charge in [0.1, 0.15) is 5.76 Å². The molecule has 0 spiro atoms. The summed E-state index contributed by atoms with van der Waals surface area (Å²) in [6.07, 6.45) is 1.14. The van der Waals surface area contributed by atoms with Crippen LogP contribution in [0.25, 0.3) is 0 Å². The number of amides is 2. The molecule has 56 heavy (non-hydrogen) atoms. The van der Waals surface area contributed by atoms with E-state index < -0.39 is 23.3 Å². The number of guanidine groups is 2. The average Bonchev–Trinajstić information content (AvgIpc) is 3.10. The van der Waals surface area contributed by atoms with Crippen molar-refractivity contribution in [2.24, 2.45) is 27.2 Å². The van der Waals surface area contributed by atoms with Crippen LogP contribution in [0, 0.1) is 0 Å². The SMILES string of the molecule is C/C(=C\C(=O)NC(C)(C)C)OC(=O)c1nc(Cl)c(N)nc1N.Cl.NC(=NCc1ccccc1)NC(=O)c1nc(Cl)c(N)nc1N.NC(N)=NCc1ccccc1. The van der Waals surface area contributed by atoms with Crippen LogP contribution in [-0.2, 0) is 22.6 Å². The van der Waals surface area contributed by atoms with Crippen LogP contribution in [0.15, 0.2) is 82.5 Å². The van der Waals surface area contributed by atoms with Gasteiger partial charge in [0.2, 0.25) is 5.91 Å². The summed E-state index contributed by atoms with van der Waals surface area (Å²) in [7, 11) is 0. The summed E-state index contributed by atoms with van der Waals surface area (Å²) in [5, 5.41) is 4.78. The van der Waals surface area contributed by atoms with Crippen LogP contribution in [0.5, 0.6) is 0 Å². The molecule has 22 heteroatoms. The van der Waals surface area contributed by atoms with Crippen molar-refractivity contribution < 1.29 is 19.1 Å². The topological polar surface area (TPSA) is 343 Å². The first-order valence-electron chi connectivity index (χ1n) is 15.9. The maximum atomic E-state index is 12.0. The number of carbonyl (C=O) groups is 3. The molecule has 4 aromatic rings. The van der Waals surface area contributed by atoms with Gasteiger partial charge in [0.15, 0.2) is 56.9 Å². The highest BCUT2D eigenvalue weighted by atomic mass is 35.5. The first-order chi connectivity index (χ1) is 25.7. The Labute approximate surface area is 339 Å². The van der Waals surface area contributed by atoms with Crippen LogP contribution in [0.1, 0.15) is 59.8 Å². The molecule has 2 aromatic heterocycles. The maximum absolute atomic E-state index is 12.0. The molecule has 0 unspecified atom stereocenters. The zero-order valence-electron chi connectivity index (χ0n) is 30.8. The molecule has 0 atom stereocenters. The Morgan fingerprint density at radius 2 is 1.18 bits per heavy atom. The van der Waals surface area contributed by atoms with Gasteiger partial charge in [-0.25, -0.2) is 34.7 Å². The Kier molecular flexibility index (Phi) is 19.3. The molecular weight excluding hydrogens is 789 g/mol. The number of ether oxygens (including phenoxy) is 1. The molecule has 19 nitrogen and oxygen atoms in total. The zero-order valence-corrected chi connectivity index (χ0v) is 33.1. The van der Waals surface area contributed by atoms with Gasteiger partial charge < -0.3 is 50.2 Å². The molecule has 0 aliphatic heterocycles. The van der Waals surface area contributed by atoms with Crippen molar-refractivity contribution in [3.63, 3.8) is 0 Å². The Morgan fingerprint density at radius 1 is 0.732 bits per heavy atom. The maximum Gasteiger partial charge on any atom is 0.365 e. The van der Waals surface area contributed by atoms with E-state index in [1.165, 1.54) is 6.92 Å². The minimum absolute atomic E-state index is 0. The lowest BCUT2D eigenvalue weighted by Crippen LogP contribution is -2.39. The summed E-state index contributed by atoms with van der Waals surface area (Å²) in [6, 6.07) is 19.3. The first-order valence-corrected chi connectivity index (χ1v) is 16.6. The van der Waals surface area contributed by atoms with E-state index in [1.807, 2.05) is 81.4 Å². The van der Waals surface area contributed by atoms with Gasteiger partial charge in [-0.05, 0) is 38.8 Å². The average molecular weight is 833 g/mol. The normalized spacial score (nSPS) is 10.9. The van der Waals surface area contributed by atoms with Gasteiger partial charge in [-0.3, -0.25) is 14.9 Å². The third-order valence-electron chi connectivity index (χ3n) is 6.11. The van der Waals surface area contributed by atoms with Crippen molar-refractivity contribution in [1.29, 1.82) is 0 Å². The number of nitrogens with zero attached hydrogens (tertiary/aromatic N) is 6. The number of halogens is 3. The number of hydrogen-bond donors (Lipinski definition) is 9. The van der Waals surface area contributed by atoms with Gasteiger partial charge >= 0.3 is 5.97 Å². The van der Waals surface area contributed by atoms with Crippen LogP contribution in [0.2, 0.25) is 10.3 Å². The highest BCUT2D eigenvalue weighted by Crippen LogP contribution is 2.19. The van der Waals surface area contributed by atoms with Crippen molar-refractivity contribution >= 4 is 88.6 Å². The van der Waals surface area contributed by atoms with Crippen molar-refractivity contribution in [1.82, 2.24) is 30.6 Å². The molecule has 2 heterocycles. The predicted octanol–water partition coefficient (Wildman–Crippen LogP) is 2.69. The van der Waals surface area contributed by atoms with Crippen molar-refractivity contribution in [2.45, 2.75) is 46.3 Å². The zero-order chi connectivity index (χ0) is 41.3. The van der Waals surface area contributed by atoms with Gasteiger partial charge in [-0.1, -0.05) is 83.9 Å². The fourth-order valence-corrected chi connectivity index (χ4v) is 4.01. The number of rotatable bonds is 8. The van der Waals surface area contributed by atoms with Crippen LogP contribution >= 0.6 is 35.6 Å². The monoisotopic (exact) mass is 831 g/mol. The second-order valence-electron chi connectivity index (χ2n) is 12.0. The molecule has 2 aromatic carbocycles. The van der Waals surface area contributed by atoms with Crippen LogP contribution < -0.4 is 50.8 Å². The fourth-order valence-electron chi connectivity index (χ4n) is 3.76. The van der Waals surface area contributed by atoms with Crippen LogP contribution in [0.3, 0.4) is 0 Å². The van der Waals surface area contributed by atoms with E-state index in [0.29, 0.717) is 13.1 Å². The smallest absolute Gasteiger partial charge is 0.365 e. The number of aromatic nitrogens is 4. The standard InChI is InChI=1S/C13H14ClN7O.C13H18ClN5O3.C8H11N3.ClH/c14-9-11(16)20-10(15)8(19-9)12(22)21-13(17)18-6-7-4-2-1-3-5-7;1-6(5-7(20)19-13(2,3)4)22-12(21)8-10(15)18-11(16)9(14)17-8;9-8(10)11-6-7-4-2-1-3-5-7;/h1-5H,6H2,(H4,15,16,20)(H3,17,18,21,22);5H,1-4H3,(H,19,20)(H4,15,16,18);1-5H,6H2,(H4,9,10,11);1H/b;6-5+;;. The van der Waals surface area contributed by atoms with Crippen molar-refractivity contribution in [2.75, 3.05) is 22.9 Å². The number of aliphatic imine (C=N–C) groups is 2. The summed E-state index contributed by atoms with van der Waals surface area (Å²) in [5.74, 6) is -2.31. The number of nitrogens with two attached hydrogens (primary N) is 7. The van der Waals surface area contributed by atoms with Crippen LogP contribution in [0.4, 0.5) is 23.3 Å². The van der Waals surface area contributed by atoms with E-state index in [-0.39, 0.29) is 75.1 Å². The van der Waals surface area contributed by atoms with Crippen LogP contribution in [-0.4, -0.2) is 55.2 Å². The third-order valence-corrected chi connectivity index (χ3v) is 6.66. The molecule has 0 bridgehead atoms. The molecule has 2 amide bonds. The molecular formula is C34H44Cl3N15O4. The number of hydrogen-bond acceptors (Lipinski definition) is 14. The Morgan fingerprint density at radius 3 is 1.64 bits per heavy atom. The third kappa shape index (κ3) is 17.6. The predicted molar refractivity (Wildman–Crippen MR) is 221 cm³/mol. The van der Waals surface area contributed by atoms with E-state index >= 15 is 0 Å². The molecule has 0 aliphatic rings. The largest absolute Gasteiger partial charge is 0.426 e.